The Morgan fingerprint density at radius 3 is 3.00 bits per heavy atom. The third-order valence-electron chi connectivity index (χ3n) is 3.57. The van der Waals surface area contributed by atoms with Gasteiger partial charge < -0.3 is 9.84 Å². The first-order chi connectivity index (χ1) is 7.29. The molecule has 1 heterocycles. The fourth-order valence-electron chi connectivity index (χ4n) is 2.63. The Morgan fingerprint density at radius 1 is 1.40 bits per heavy atom. The Bertz CT molecular complexity index is 219. The summed E-state index contributed by atoms with van der Waals surface area (Å²) >= 11 is 0. The first-order valence-corrected chi connectivity index (χ1v) is 6.30. The van der Waals surface area contributed by atoms with Crippen molar-refractivity contribution in [1.82, 2.24) is 0 Å². The van der Waals surface area contributed by atoms with Gasteiger partial charge in [0.1, 0.15) is 0 Å². The van der Waals surface area contributed by atoms with Crippen LogP contribution in [0.15, 0.2) is 12.2 Å². The molecule has 0 saturated carbocycles. The van der Waals surface area contributed by atoms with Crippen molar-refractivity contribution in [2.24, 2.45) is 0 Å². The highest BCUT2D eigenvalue weighted by Crippen LogP contribution is 2.28. The molecule has 0 bridgehead atoms. The van der Waals surface area contributed by atoms with Gasteiger partial charge in [-0.15, -0.1) is 0 Å². The van der Waals surface area contributed by atoms with Crippen LogP contribution in [0.5, 0.6) is 0 Å². The lowest BCUT2D eigenvalue weighted by molar-refractivity contribution is 0.0528. The summed E-state index contributed by atoms with van der Waals surface area (Å²) in [4.78, 5) is 0. The lowest BCUT2D eigenvalue weighted by atomic mass is 9.86. The highest BCUT2D eigenvalue weighted by Gasteiger charge is 2.25. The Balaban J connectivity index is 1.67. The van der Waals surface area contributed by atoms with E-state index in [1.807, 2.05) is 6.08 Å². The van der Waals surface area contributed by atoms with Crippen molar-refractivity contribution >= 4 is 0 Å². The zero-order valence-corrected chi connectivity index (χ0v) is 9.45. The SMILES string of the molecule is OC1(CCCC2CCCO2)C=CCCC1. The van der Waals surface area contributed by atoms with Crippen LogP contribution in [0, 0.1) is 0 Å². The number of hydrogen-bond donors (Lipinski definition) is 1. The molecule has 1 aliphatic heterocycles. The van der Waals surface area contributed by atoms with E-state index in [1.54, 1.807) is 0 Å². The molecular formula is C13H22O2. The fraction of sp³-hybridized carbons (Fsp3) is 0.846. The van der Waals surface area contributed by atoms with Crippen molar-refractivity contribution in [2.45, 2.75) is 63.1 Å². The van der Waals surface area contributed by atoms with Crippen LogP contribution in [-0.4, -0.2) is 23.4 Å². The molecule has 2 unspecified atom stereocenters. The molecule has 1 N–H and O–H groups in total. The summed E-state index contributed by atoms with van der Waals surface area (Å²) in [5, 5.41) is 10.2. The Hall–Kier alpha value is -0.340. The largest absolute Gasteiger partial charge is 0.386 e. The summed E-state index contributed by atoms with van der Waals surface area (Å²) in [6, 6.07) is 0. The Labute approximate surface area is 92.3 Å². The van der Waals surface area contributed by atoms with Gasteiger partial charge in [-0.2, -0.15) is 0 Å². The molecule has 86 valence electrons. The van der Waals surface area contributed by atoms with Gasteiger partial charge in [-0.1, -0.05) is 12.2 Å². The van der Waals surface area contributed by atoms with E-state index in [4.69, 9.17) is 4.74 Å². The van der Waals surface area contributed by atoms with E-state index in [-0.39, 0.29) is 0 Å². The van der Waals surface area contributed by atoms with E-state index in [1.165, 1.54) is 12.8 Å². The number of allylic oxidation sites excluding steroid dienone is 1. The molecule has 2 atom stereocenters. The van der Waals surface area contributed by atoms with Crippen molar-refractivity contribution in [2.75, 3.05) is 6.61 Å². The minimum absolute atomic E-state index is 0.473. The molecule has 0 aromatic heterocycles. The summed E-state index contributed by atoms with van der Waals surface area (Å²) < 4.78 is 5.58. The lowest BCUT2D eigenvalue weighted by Crippen LogP contribution is -2.27. The van der Waals surface area contributed by atoms with Crippen LogP contribution in [0.25, 0.3) is 0 Å². The highest BCUT2D eigenvalue weighted by molar-refractivity contribution is 5.04. The summed E-state index contributed by atoms with van der Waals surface area (Å²) in [5.41, 5.74) is -0.503. The zero-order valence-electron chi connectivity index (χ0n) is 9.45. The van der Waals surface area contributed by atoms with Crippen LogP contribution < -0.4 is 0 Å². The zero-order chi connectivity index (χ0) is 10.6. The normalized spacial score (nSPS) is 35.9. The third kappa shape index (κ3) is 3.32. The van der Waals surface area contributed by atoms with E-state index in [0.29, 0.717) is 6.10 Å². The highest BCUT2D eigenvalue weighted by atomic mass is 16.5. The average Bonchev–Trinajstić information content (AvgIpc) is 2.71. The first kappa shape index (κ1) is 11.2. The molecular weight excluding hydrogens is 188 g/mol. The lowest BCUT2D eigenvalue weighted by Gasteiger charge is -2.27. The van der Waals surface area contributed by atoms with Gasteiger partial charge in [-0.3, -0.25) is 0 Å². The standard InChI is InChI=1S/C13H22O2/c14-13(8-2-1-3-9-13)10-4-6-12-7-5-11-15-12/h2,8,12,14H,1,3-7,9-11H2. The van der Waals surface area contributed by atoms with Gasteiger partial charge in [-0.05, 0) is 51.4 Å². The van der Waals surface area contributed by atoms with Crippen LogP contribution in [0.4, 0.5) is 0 Å². The van der Waals surface area contributed by atoms with Crippen LogP contribution in [-0.2, 0) is 4.74 Å². The van der Waals surface area contributed by atoms with Gasteiger partial charge in [-0.25, -0.2) is 0 Å². The van der Waals surface area contributed by atoms with Gasteiger partial charge in [0.05, 0.1) is 11.7 Å². The molecule has 1 fully saturated rings. The maximum Gasteiger partial charge on any atom is 0.0827 e. The molecule has 2 aliphatic rings. The third-order valence-corrected chi connectivity index (χ3v) is 3.57. The quantitative estimate of drug-likeness (QED) is 0.723. The van der Waals surface area contributed by atoms with E-state index in [9.17, 15) is 5.11 Å². The molecule has 15 heavy (non-hydrogen) atoms. The topological polar surface area (TPSA) is 29.5 Å². The monoisotopic (exact) mass is 210 g/mol. The van der Waals surface area contributed by atoms with Gasteiger partial charge in [0.25, 0.3) is 0 Å². The van der Waals surface area contributed by atoms with Gasteiger partial charge in [0.15, 0.2) is 0 Å². The molecule has 2 heteroatoms. The van der Waals surface area contributed by atoms with Crippen LogP contribution >= 0.6 is 0 Å². The number of aliphatic hydroxyl groups is 1. The van der Waals surface area contributed by atoms with Gasteiger partial charge in [0, 0.05) is 6.61 Å². The minimum Gasteiger partial charge on any atom is -0.386 e. The molecule has 0 spiro atoms. The molecule has 0 aromatic rings. The molecule has 2 nitrogen and oxygen atoms in total. The molecule has 0 aromatic carbocycles. The predicted molar refractivity (Wildman–Crippen MR) is 60.8 cm³/mol. The van der Waals surface area contributed by atoms with E-state index < -0.39 is 5.60 Å². The Morgan fingerprint density at radius 2 is 2.33 bits per heavy atom. The second-order valence-corrected chi connectivity index (χ2v) is 4.93. The number of rotatable bonds is 4. The van der Waals surface area contributed by atoms with Gasteiger partial charge in [0.2, 0.25) is 0 Å². The first-order valence-electron chi connectivity index (χ1n) is 6.30. The second-order valence-electron chi connectivity index (χ2n) is 4.93. The van der Waals surface area contributed by atoms with Crippen molar-refractivity contribution in [3.63, 3.8) is 0 Å². The van der Waals surface area contributed by atoms with Gasteiger partial charge >= 0.3 is 0 Å². The summed E-state index contributed by atoms with van der Waals surface area (Å²) in [5.74, 6) is 0. The maximum absolute atomic E-state index is 10.2. The summed E-state index contributed by atoms with van der Waals surface area (Å²) in [6.45, 7) is 0.939. The molecule has 0 radical (unpaired) electrons. The maximum atomic E-state index is 10.2. The summed E-state index contributed by atoms with van der Waals surface area (Å²) in [7, 11) is 0. The molecule has 2 rings (SSSR count). The summed E-state index contributed by atoms with van der Waals surface area (Å²) in [6.07, 6.45) is 13.4. The van der Waals surface area contributed by atoms with Crippen LogP contribution in [0.2, 0.25) is 0 Å². The minimum atomic E-state index is -0.503. The van der Waals surface area contributed by atoms with Crippen LogP contribution in [0.1, 0.15) is 51.4 Å². The van der Waals surface area contributed by atoms with Crippen molar-refractivity contribution in [3.8, 4) is 0 Å². The van der Waals surface area contributed by atoms with E-state index in [0.717, 1.165) is 45.1 Å². The van der Waals surface area contributed by atoms with E-state index in [2.05, 4.69) is 6.08 Å². The molecule has 1 aliphatic carbocycles. The van der Waals surface area contributed by atoms with Crippen molar-refractivity contribution in [1.29, 1.82) is 0 Å². The number of ether oxygens (including phenoxy) is 1. The average molecular weight is 210 g/mol. The second kappa shape index (κ2) is 5.13. The van der Waals surface area contributed by atoms with Crippen LogP contribution in [0.3, 0.4) is 0 Å². The fourth-order valence-corrected chi connectivity index (χ4v) is 2.63. The van der Waals surface area contributed by atoms with E-state index >= 15 is 0 Å². The predicted octanol–water partition coefficient (Wildman–Crippen LogP) is 2.81. The van der Waals surface area contributed by atoms with Crippen molar-refractivity contribution in [3.05, 3.63) is 12.2 Å². The molecule has 0 amide bonds. The molecule has 1 saturated heterocycles. The Kier molecular flexibility index (Phi) is 3.81. The smallest absolute Gasteiger partial charge is 0.0827 e. The van der Waals surface area contributed by atoms with Crippen molar-refractivity contribution < 1.29 is 9.84 Å². The number of hydrogen-bond acceptors (Lipinski definition) is 2.